The Morgan fingerprint density at radius 1 is 1.25 bits per heavy atom. The van der Waals surface area contributed by atoms with Crippen molar-refractivity contribution in [3.63, 3.8) is 0 Å². The lowest BCUT2D eigenvalue weighted by atomic mass is 10.1. The molecule has 0 aromatic heterocycles. The molecular weight excluding hydrogens is 332 g/mol. The smallest absolute Gasteiger partial charge is 0.303 e. The first-order valence-electron chi connectivity index (χ1n) is 6.35. The summed E-state index contributed by atoms with van der Waals surface area (Å²) in [5, 5.41) is 0.844. The number of hydrogen-bond donors (Lipinski definition) is 0. The predicted octanol–water partition coefficient (Wildman–Crippen LogP) is 1.56. The van der Waals surface area contributed by atoms with E-state index in [0.717, 1.165) is 11.8 Å². The van der Waals surface area contributed by atoms with Gasteiger partial charge in [-0.3, -0.25) is 9.59 Å². The highest BCUT2D eigenvalue weighted by molar-refractivity contribution is 9.09. The number of rotatable bonds is 7. The fourth-order valence-corrected chi connectivity index (χ4v) is 1.84. The molecule has 1 aliphatic rings. The van der Waals surface area contributed by atoms with Gasteiger partial charge in [-0.1, -0.05) is 15.9 Å². The van der Waals surface area contributed by atoms with Crippen molar-refractivity contribution in [1.29, 1.82) is 0 Å². The molecule has 6 nitrogen and oxygen atoms in total. The number of alkyl halides is 1. The second kappa shape index (κ2) is 9.10. The molecule has 0 saturated carbocycles. The molecule has 0 spiro atoms. The molecular formula is C13H19BrO6. The summed E-state index contributed by atoms with van der Waals surface area (Å²) in [6.45, 7) is 3.17. The van der Waals surface area contributed by atoms with E-state index in [2.05, 4.69) is 15.9 Å². The Morgan fingerprint density at radius 2 is 2.00 bits per heavy atom. The van der Waals surface area contributed by atoms with Crippen LogP contribution in [0, 0.1) is 0 Å². The third-order valence-electron chi connectivity index (χ3n) is 2.45. The van der Waals surface area contributed by atoms with E-state index in [4.69, 9.17) is 18.9 Å². The van der Waals surface area contributed by atoms with Crippen LogP contribution < -0.4 is 0 Å². The van der Waals surface area contributed by atoms with Gasteiger partial charge in [-0.15, -0.1) is 0 Å². The third-order valence-corrected chi connectivity index (χ3v) is 3.01. The molecule has 0 bridgehead atoms. The van der Waals surface area contributed by atoms with Gasteiger partial charge < -0.3 is 18.9 Å². The average molecular weight is 351 g/mol. The predicted molar refractivity (Wildman–Crippen MR) is 74.4 cm³/mol. The standard InChI is InChI=1S/C13H19BrO6/c1-9(15)18-8-12-11(19-10(2)16)4-5-13(20-12)17-7-3-6-14/h4-5,11-13H,3,6-8H2,1-2H3/t11-,12+,13-/m0/s1. The van der Waals surface area contributed by atoms with E-state index in [9.17, 15) is 9.59 Å². The molecule has 20 heavy (non-hydrogen) atoms. The largest absolute Gasteiger partial charge is 0.463 e. The van der Waals surface area contributed by atoms with Gasteiger partial charge in [0, 0.05) is 19.2 Å². The van der Waals surface area contributed by atoms with Crippen LogP contribution in [0.2, 0.25) is 0 Å². The van der Waals surface area contributed by atoms with Crippen LogP contribution >= 0.6 is 15.9 Å². The second-order valence-corrected chi connectivity index (χ2v) is 5.01. The van der Waals surface area contributed by atoms with E-state index in [1.165, 1.54) is 13.8 Å². The first-order valence-corrected chi connectivity index (χ1v) is 7.47. The molecule has 1 heterocycles. The zero-order valence-corrected chi connectivity index (χ0v) is 13.1. The van der Waals surface area contributed by atoms with Crippen LogP contribution in [0.1, 0.15) is 20.3 Å². The van der Waals surface area contributed by atoms with E-state index in [-0.39, 0.29) is 6.61 Å². The van der Waals surface area contributed by atoms with Crippen molar-refractivity contribution in [1.82, 2.24) is 0 Å². The number of halogens is 1. The van der Waals surface area contributed by atoms with Crippen molar-refractivity contribution >= 4 is 27.9 Å². The number of ether oxygens (including phenoxy) is 4. The van der Waals surface area contributed by atoms with Gasteiger partial charge in [0.05, 0.1) is 6.61 Å². The highest BCUT2D eigenvalue weighted by Crippen LogP contribution is 2.18. The third kappa shape index (κ3) is 6.49. The molecule has 1 rings (SSSR count). The summed E-state index contributed by atoms with van der Waals surface area (Å²) in [4.78, 5) is 21.9. The number of carbonyl (C=O) groups excluding carboxylic acids is 2. The summed E-state index contributed by atoms with van der Waals surface area (Å²) in [6, 6.07) is 0. The van der Waals surface area contributed by atoms with Crippen LogP contribution in [0.5, 0.6) is 0 Å². The first-order chi connectivity index (χ1) is 9.52. The van der Waals surface area contributed by atoms with Crippen molar-refractivity contribution in [2.24, 2.45) is 0 Å². The van der Waals surface area contributed by atoms with Crippen LogP contribution in [-0.2, 0) is 28.5 Å². The van der Waals surface area contributed by atoms with Crippen LogP contribution in [0.3, 0.4) is 0 Å². The summed E-state index contributed by atoms with van der Waals surface area (Å²) >= 11 is 3.31. The van der Waals surface area contributed by atoms with Gasteiger partial charge in [-0.25, -0.2) is 0 Å². The highest BCUT2D eigenvalue weighted by atomic mass is 79.9. The Kier molecular flexibility index (Phi) is 7.79. The fourth-order valence-electron chi connectivity index (χ4n) is 1.61. The molecule has 1 aliphatic heterocycles. The van der Waals surface area contributed by atoms with E-state index in [1.807, 2.05) is 0 Å². The molecule has 0 N–H and O–H groups in total. The van der Waals surface area contributed by atoms with E-state index >= 15 is 0 Å². The summed E-state index contributed by atoms with van der Waals surface area (Å²) in [5.41, 5.74) is 0. The van der Waals surface area contributed by atoms with Crippen LogP contribution in [0.25, 0.3) is 0 Å². The Morgan fingerprint density at radius 3 is 2.60 bits per heavy atom. The van der Waals surface area contributed by atoms with Gasteiger partial charge >= 0.3 is 11.9 Å². The molecule has 3 atom stereocenters. The van der Waals surface area contributed by atoms with Crippen molar-refractivity contribution < 1.29 is 28.5 Å². The zero-order chi connectivity index (χ0) is 15.0. The maximum Gasteiger partial charge on any atom is 0.303 e. The van der Waals surface area contributed by atoms with Gasteiger partial charge in [0.15, 0.2) is 6.29 Å². The normalized spacial score (nSPS) is 25.2. The molecule has 0 unspecified atom stereocenters. The van der Waals surface area contributed by atoms with Crippen molar-refractivity contribution in [3.8, 4) is 0 Å². The first kappa shape index (κ1) is 17.1. The molecule has 0 aromatic carbocycles. The Hall–Kier alpha value is -0.920. The monoisotopic (exact) mass is 350 g/mol. The van der Waals surface area contributed by atoms with Gasteiger partial charge in [0.2, 0.25) is 0 Å². The zero-order valence-electron chi connectivity index (χ0n) is 11.5. The second-order valence-electron chi connectivity index (χ2n) is 4.22. The Bertz CT molecular complexity index is 357. The number of carbonyl (C=O) groups is 2. The molecule has 0 aromatic rings. The van der Waals surface area contributed by atoms with Crippen LogP contribution in [-0.4, -0.2) is 49.0 Å². The molecule has 7 heteroatoms. The molecule has 0 fully saturated rings. The van der Waals surface area contributed by atoms with Gasteiger partial charge in [-0.05, 0) is 18.6 Å². The summed E-state index contributed by atoms with van der Waals surface area (Å²) < 4.78 is 21.1. The molecule has 0 radical (unpaired) electrons. The maximum atomic E-state index is 11.0. The SMILES string of the molecule is CC(=O)OC[C@H]1O[C@H](OCCCBr)C=C[C@@H]1OC(C)=O. The topological polar surface area (TPSA) is 71.1 Å². The van der Waals surface area contributed by atoms with Gasteiger partial charge in [0.1, 0.15) is 18.8 Å². The Balaban J connectivity index is 2.56. The molecule has 0 saturated heterocycles. The minimum Gasteiger partial charge on any atom is -0.463 e. The average Bonchev–Trinajstić information content (AvgIpc) is 2.38. The minimum absolute atomic E-state index is 0.00985. The van der Waals surface area contributed by atoms with Crippen molar-refractivity contribution in [2.75, 3.05) is 18.5 Å². The van der Waals surface area contributed by atoms with Crippen LogP contribution in [0.4, 0.5) is 0 Å². The quantitative estimate of drug-likeness (QED) is 0.300. The van der Waals surface area contributed by atoms with Gasteiger partial charge in [-0.2, -0.15) is 0 Å². The molecule has 114 valence electrons. The summed E-state index contributed by atoms with van der Waals surface area (Å²) in [6.07, 6.45) is 2.56. The minimum atomic E-state index is -0.581. The van der Waals surface area contributed by atoms with Gasteiger partial charge in [0.25, 0.3) is 0 Å². The number of hydrogen-bond acceptors (Lipinski definition) is 6. The van der Waals surface area contributed by atoms with Crippen molar-refractivity contribution in [2.45, 2.75) is 38.8 Å². The lowest BCUT2D eigenvalue weighted by Gasteiger charge is -2.31. The van der Waals surface area contributed by atoms with Crippen molar-refractivity contribution in [3.05, 3.63) is 12.2 Å². The van der Waals surface area contributed by atoms with Crippen LogP contribution in [0.15, 0.2) is 12.2 Å². The summed E-state index contributed by atoms with van der Waals surface area (Å²) in [5.74, 6) is -0.837. The molecule has 0 amide bonds. The highest BCUT2D eigenvalue weighted by Gasteiger charge is 2.30. The maximum absolute atomic E-state index is 11.0. The van der Waals surface area contributed by atoms with E-state index in [1.54, 1.807) is 12.2 Å². The molecule has 0 aliphatic carbocycles. The number of esters is 2. The van der Waals surface area contributed by atoms with E-state index in [0.29, 0.717) is 6.61 Å². The lowest BCUT2D eigenvalue weighted by molar-refractivity contribution is -0.196. The Labute approximate surface area is 126 Å². The summed E-state index contributed by atoms with van der Waals surface area (Å²) in [7, 11) is 0. The van der Waals surface area contributed by atoms with E-state index < -0.39 is 30.4 Å². The fraction of sp³-hybridized carbons (Fsp3) is 0.692. The lowest BCUT2D eigenvalue weighted by Crippen LogP contribution is -2.42.